The number of anilines is 3. The Balaban J connectivity index is 1.86. The number of benzene rings is 2. The van der Waals surface area contributed by atoms with Gasteiger partial charge in [-0.25, -0.2) is 0 Å². The van der Waals surface area contributed by atoms with Crippen molar-refractivity contribution in [2.45, 2.75) is 32.6 Å². The van der Waals surface area contributed by atoms with Crippen LogP contribution in [0.3, 0.4) is 0 Å². The van der Waals surface area contributed by atoms with Gasteiger partial charge in [-0.3, -0.25) is 0 Å². The first-order valence-corrected chi connectivity index (χ1v) is 9.32. The van der Waals surface area contributed by atoms with E-state index in [2.05, 4.69) is 68.4 Å². The molecule has 0 amide bonds. The minimum absolute atomic E-state index is 0.00895. The smallest absolute Gasteiger partial charge is 0.0649 e. The third kappa shape index (κ3) is 2.40. The second-order valence-electron chi connectivity index (χ2n) is 7.67. The third-order valence-corrected chi connectivity index (χ3v) is 5.77. The predicted octanol–water partition coefficient (Wildman–Crippen LogP) is 5.10. The van der Waals surface area contributed by atoms with Gasteiger partial charge in [0.25, 0.3) is 0 Å². The third-order valence-electron chi connectivity index (χ3n) is 5.77. The van der Waals surface area contributed by atoms with Crippen LogP contribution in [0.1, 0.15) is 32.8 Å². The normalized spacial score (nSPS) is 19.8. The van der Waals surface area contributed by atoms with Gasteiger partial charge < -0.3 is 20.5 Å². The van der Waals surface area contributed by atoms with Gasteiger partial charge in [-0.1, -0.05) is 44.2 Å². The molecule has 0 saturated carbocycles. The Labute approximate surface area is 155 Å². The first-order valence-electron chi connectivity index (χ1n) is 9.32. The fourth-order valence-corrected chi connectivity index (χ4v) is 4.48. The zero-order valence-corrected chi connectivity index (χ0v) is 16.0. The lowest BCUT2D eigenvalue weighted by molar-refractivity contribution is 0.639. The highest BCUT2D eigenvalue weighted by Gasteiger charge is 2.38. The number of nitrogens with one attached hydrogen (secondary N) is 1. The molecule has 4 nitrogen and oxygen atoms in total. The lowest BCUT2D eigenvalue weighted by Gasteiger charge is -2.30. The van der Waals surface area contributed by atoms with E-state index in [0.29, 0.717) is 6.54 Å². The SMILES string of the molecule is C/C=C1/N(C)c2cc(-c3cccc4c3NCCCN4[O-])ccc2C1(C)C. The van der Waals surface area contributed by atoms with E-state index >= 15 is 0 Å². The van der Waals surface area contributed by atoms with Crippen LogP contribution >= 0.6 is 0 Å². The standard InChI is InChI=1S/C22H26N3O/c1-5-20-22(2,3)17-11-10-15(14-19(17)24(20)4)16-8-6-9-18-21(16)23-12-7-13-25(18)26/h5-6,8-11,14,23H,7,12-13H2,1-4H3/q-1/b20-5+. The van der Waals surface area contributed by atoms with E-state index in [-0.39, 0.29) is 5.41 Å². The van der Waals surface area contributed by atoms with E-state index in [0.717, 1.165) is 40.5 Å². The fourth-order valence-electron chi connectivity index (χ4n) is 4.48. The van der Waals surface area contributed by atoms with E-state index < -0.39 is 0 Å². The second-order valence-corrected chi connectivity index (χ2v) is 7.67. The summed E-state index contributed by atoms with van der Waals surface area (Å²) in [6.07, 6.45) is 3.05. The summed E-state index contributed by atoms with van der Waals surface area (Å²) in [5.74, 6) is 0. The minimum Gasteiger partial charge on any atom is -0.758 e. The molecular weight excluding hydrogens is 322 g/mol. The molecule has 0 fully saturated rings. The van der Waals surface area contributed by atoms with Crippen molar-refractivity contribution in [1.29, 1.82) is 0 Å². The van der Waals surface area contributed by atoms with E-state index in [4.69, 9.17) is 0 Å². The number of para-hydroxylation sites is 1. The summed E-state index contributed by atoms with van der Waals surface area (Å²) >= 11 is 0. The van der Waals surface area contributed by atoms with Gasteiger partial charge in [0.15, 0.2) is 0 Å². The summed E-state index contributed by atoms with van der Waals surface area (Å²) in [5, 5.41) is 16.9. The van der Waals surface area contributed by atoms with Crippen molar-refractivity contribution in [3.8, 4) is 11.1 Å². The molecule has 0 spiro atoms. The van der Waals surface area contributed by atoms with Crippen molar-refractivity contribution >= 4 is 17.1 Å². The maximum absolute atomic E-state index is 12.4. The van der Waals surface area contributed by atoms with Crippen molar-refractivity contribution in [3.05, 3.63) is 58.9 Å². The van der Waals surface area contributed by atoms with E-state index in [1.165, 1.54) is 16.9 Å². The Morgan fingerprint density at radius 3 is 2.73 bits per heavy atom. The molecule has 2 aliphatic rings. The number of nitrogens with zero attached hydrogens (tertiary/aromatic N) is 2. The van der Waals surface area contributed by atoms with Crippen molar-refractivity contribution in [2.75, 3.05) is 35.4 Å². The van der Waals surface area contributed by atoms with Crippen LogP contribution in [0.15, 0.2) is 48.2 Å². The highest BCUT2D eigenvalue weighted by Crippen LogP contribution is 2.49. The molecule has 1 N–H and O–H groups in total. The lowest BCUT2D eigenvalue weighted by atomic mass is 9.83. The van der Waals surface area contributed by atoms with Gasteiger partial charge >= 0.3 is 0 Å². The summed E-state index contributed by atoms with van der Waals surface area (Å²) in [5.41, 5.74) is 7.84. The summed E-state index contributed by atoms with van der Waals surface area (Å²) in [6.45, 7) is 8.01. The number of rotatable bonds is 1. The maximum atomic E-state index is 12.4. The van der Waals surface area contributed by atoms with Crippen LogP contribution in [-0.2, 0) is 5.41 Å². The molecule has 136 valence electrons. The highest BCUT2D eigenvalue weighted by molar-refractivity contribution is 5.90. The van der Waals surface area contributed by atoms with Gasteiger partial charge in [0.05, 0.1) is 11.4 Å². The molecule has 0 unspecified atom stereocenters. The van der Waals surface area contributed by atoms with Crippen LogP contribution in [0, 0.1) is 5.21 Å². The van der Waals surface area contributed by atoms with Crippen LogP contribution < -0.4 is 15.3 Å². The first-order chi connectivity index (χ1) is 12.4. The maximum Gasteiger partial charge on any atom is 0.0649 e. The number of hydrogen-bond donors (Lipinski definition) is 1. The molecule has 0 aromatic heterocycles. The molecule has 0 atom stereocenters. The van der Waals surface area contributed by atoms with Crippen molar-refractivity contribution in [2.24, 2.45) is 0 Å². The molecule has 26 heavy (non-hydrogen) atoms. The molecule has 2 aromatic carbocycles. The van der Waals surface area contributed by atoms with E-state index in [1.54, 1.807) is 0 Å². The molecule has 0 bridgehead atoms. The summed E-state index contributed by atoms with van der Waals surface area (Å²) in [4.78, 5) is 2.29. The molecule has 0 saturated heterocycles. The molecular formula is C22H26N3O-. The van der Waals surface area contributed by atoms with E-state index in [1.807, 2.05) is 12.1 Å². The minimum atomic E-state index is 0.00895. The molecule has 0 aliphatic carbocycles. The second kappa shape index (κ2) is 6.06. The molecule has 2 heterocycles. The number of hydroxylamine groups is 1. The molecule has 2 aliphatic heterocycles. The molecule has 4 rings (SSSR count). The van der Waals surface area contributed by atoms with Crippen LogP contribution in [-0.4, -0.2) is 20.1 Å². The van der Waals surface area contributed by atoms with Crippen molar-refractivity contribution < 1.29 is 0 Å². The van der Waals surface area contributed by atoms with Gasteiger partial charge in [0.2, 0.25) is 0 Å². The Morgan fingerprint density at radius 1 is 1.15 bits per heavy atom. The number of likely N-dealkylation sites (N-methyl/N-ethyl adjacent to an activating group) is 1. The van der Waals surface area contributed by atoms with Gasteiger partial charge in [-0.05, 0) is 36.6 Å². The van der Waals surface area contributed by atoms with Gasteiger partial charge in [-0.2, -0.15) is 0 Å². The van der Waals surface area contributed by atoms with E-state index in [9.17, 15) is 5.21 Å². The Morgan fingerprint density at radius 2 is 1.96 bits per heavy atom. The first kappa shape index (κ1) is 17.0. The number of allylic oxidation sites excluding steroid dienone is 2. The largest absolute Gasteiger partial charge is 0.758 e. The van der Waals surface area contributed by atoms with Crippen LogP contribution in [0.25, 0.3) is 11.1 Å². The monoisotopic (exact) mass is 348 g/mol. The quantitative estimate of drug-likeness (QED) is 0.778. The van der Waals surface area contributed by atoms with Crippen LogP contribution in [0.5, 0.6) is 0 Å². The van der Waals surface area contributed by atoms with Crippen LogP contribution in [0.2, 0.25) is 0 Å². The van der Waals surface area contributed by atoms with Crippen molar-refractivity contribution in [3.63, 3.8) is 0 Å². The van der Waals surface area contributed by atoms with Crippen LogP contribution in [0.4, 0.5) is 17.1 Å². The topological polar surface area (TPSA) is 41.6 Å². The number of hydrogen-bond acceptors (Lipinski definition) is 4. The predicted molar refractivity (Wildman–Crippen MR) is 111 cm³/mol. The highest BCUT2D eigenvalue weighted by atomic mass is 16.5. The zero-order chi connectivity index (χ0) is 18.5. The Kier molecular flexibility index (Phi) is 3.96. The van der Waals surface area contributed by atoms with Gasteiger partial charge in [-0.15, -0.1) is 0 Å². The Bertz CT molecular complexity index is 885. The summed E-state index contributed by atoms with van der Waals surface area (Å²) < 4.78 is 0. The molecule has 4 heteroatoms. The zero-order valence-electron chi connectivity index (χ0n) is 16.0. The van der Waals surface area contributed by atoms with Gasteiger partial charge in [0, 0.05) is 42.5 Å². The summed E-state index contributed by atoms with van der Waals surface area (Å²) in [7, 11) is 2.13. The fraction of sp³-hybridized carbons (Fsp3) is 0.364. The molecule has 2 aromatic rings. The average molecular weight is 348 g/mol. The van der Waals surface area contributed by atoms with Gasteiger partial charge in [0.1, 0.15) is 0 Å². The Hall–Kier alpha value is -2.46. The number of fused-ring (bicyclic) bond motifs is 2. The summed E-state index contributed by atoms with van der Waals surface area (Å²) in [6, 6.07) is 12.7. The lowest BCUT2D eigenvalue weighted by Crippen LogP contribution is -2.22. The van der Waals surface area contributed by atoms with Crippen molar-refractivity contribution in [1.82, 2.24) is 0 Å². The molecule has 0 radical (unpaired) electrons. The average Bonchev–Trinajstić information content (AvgIpc) is 2.75.